The molecule has 0 radical (unpaired) electrons. The molecule has 0 unspecified atom stereocenters. The topological polar surface area (TPSA) is 102 Å². The van der Waals surface area contributed by atoms with Crippen LogP contribution in [-0.4, -0.2) is 16.9 Å². The largest absolute Gasteiger partial charge is 0.416 e. The minimum atomic E-state index is -4.40. The number of nitrogens with zero attached hydrogens (tertiary/aromatic N) is 3. The lowest BCUT2D eigenvalue weighted by atomic mass is 10.1. The lowest BCUT2D eigenvalue weighted by Crippen LogP contribution is -2.26. The van der Waals surface area contributed by atoms with E-state index in [2.05, 4.69) is 20.3 Å². The summed E-state index contributed by atoms with van der Waals surface area (Å²) in [5, 5.41) is 2.76. The quantitative estimate of drug-likeness (QED) is 0.569. The Balaban J connectivity index is 0.00000312. The summed E-state index contributed by atoms with van der Waals surface area (Å²) < 4.78 is 37.9. The number of guanidine groups is 2. The van der Waals surface area contributed by atoms with Crippen LogP contribution >= 0.6 is 12.4 Å². The number of rotatable bonds is 3. The van der Waals surface area contributed by atoms with Crippen molar-refractivity contribution < 1.29 is 13.2 Å². The van der Waals surface area contributed by atoms with Crippen LogP contribution < -0.4 is 16.8 Å². The molecule has 1 aromatic carbocycles. The van der Waals surface area contributed by atoms with Crippen molar-refractivity contribution >= 4 is 30.0 Å². The number of nitrogens with one attached hydrogen (secondary N) is 1. The Bertz CT molecular complexity index is 746. The van der Waals surface area contributed by atoms with Crippen LogP contribution in [0.15, 0.2) is 58.8 Å². The Labute approximate surface area is 148 Å². The van der Waals surface area contributed by atoms with Crippen LogP contribution in [0.1, 0.15) is 11.1 Å². The van der Waals surface area contributed by atoms with Gasteiger partial charge in [-0.2, -0.15) is 18.2 Å². The summed E-state index contributed by atoms with van der Waals surface area (Å²) in [5.41, 5.74) is 11.5. The molecular weight excluding hydrogens is 357 g/mol. The molecule has 1 heterocycles. The molecule has 0 atom stereocenters. The summed E-state index contributed by atoms with van der Waals surface area (Å²) in [5.74, 6) is -0.158. The average molecular weight is 373 g/mol. The summed E-state index contributed by atoms with van der Waals surface area (Å²) in [6, 6.07) is 8.27. The summed E-state index contributed by atoms with van der Waals surface area (Å²) in [4.78, 5) is 11.6. The second-order valence-electron chi connectivity index (χ2n) is 4.74. The third-order valence-electron chi connectivity index (χ3n) is 2.85. The first-order valence-corrected chi connectivity index (χ1v) is 6.82. The van der Waals surface area contributed by atoms with Crippen LogP contribution in [0.25, 0.3) is 0 Å². The molecule has 0 saturated heterocycles. The fraction of sp³-hybridized carbons (Fsp3) is 0.133. The maximum absolute atomic E-state index is 12.6. The van der Waals surface area contributed by atoms with Crippen molar-refractivity contribution in [2.45, 2.75) is 12.7 Å². The predicted molar refractivity (Wildman–Crippen MR) is 93.5 cm³/mol. The van der Waals surface area contributed by atoms with Gasteiger partial charge in [0.15, 0.2) is 0 Å². The highest BCUT2D eigenvalue weighted by Gasteiger charge is 2.30. The van der Waals surface area contributed by atoms with Gasteiger partial charge < -0.3 is 16.8 Å². The van der Waals surface area contributed by atoms with Crippen molar-refractivity contribution in [3.63, 3.8) is 0 Å². The van der Waals surface area contributed by atoms with E-state index in [1.165, 1.54) is 12.1 Å². The minimum absolute atomic E-state index is 0. The average Bonchev–Trinajstić information content (AvgIpc) is 2.53. The predicted octanol–water partition coefficient (Wildman–Crippen LogP) is 2.76. The van der Waals surface area contributed by atoms with Crippen molar-refractivity contribution in [2.75, 3.05) is 5.32 Å². The lowest BCUT2D eigenvalue weighted by Gasteiger charge is -2.07. The number of aromatic nitrogens is 1. The SMILES string of the molecule is Cl.NC(=NCc1cccc(C(F)(F)F)c1)N=C(N)Nc1cccnc1. The Morgan fingerprint density at radius 1 is 1.16 bits per heavy atom. The molecule has 134 valence electrons. The van der Waals surface area contributed by atoms with Crippen molar-refractivity contribution in [2.24, 2.45) is 21.5 Å². The third kappa shape index (κ3) is 6.68. The van der Waals surface area contributed by atoms with E-state index in [9.17, 15) is 13.2 Å². The Morgan fingerprint density at radius 3 is 2.56 bits per heavy atom. The molecule has 0 fully saturated rings. The Morgan fingerprint density at radius 2 is 1.92 bits per heavy atom. The molecule has 25 heavy (non-hydrogen) atoms. The maximum Gasteiger partial charge on any atom is 0.416 e. The van der Waals surface area contributed by atoms with E-state index in [1.807, 2.05) is 0 Å². The summed E-state index contributed by atoms with van der Waals surface area (Å²) in [6.45, 7) is -0.0422. The number of aliphatic imine (C=N–C) groups is 2. The monoisotopic (exact) mass is 372 g/mol. The molecule has 1 aromatic heterocycles. The first-order valence-electron chi connectivity index (χ1n) is 6.82. The van der Waals surface area contributed by atoms with Crippen molar-refractivity contribution in [1.82, 2.24) is 4.98 Å². The van der Waals surface area contributed by atoms with E-state index in [4.69, 9.17) is 11.5 Å². The van der Waals surface area contributed by atoms with Gasteiger partial charge >= 0.3 is 6.18 Å². The Kier molecular flexibility index (Phi) is 7.19. The molecule has 0 bridgehead atoms. The van der Waals surface area contributed by atoms with Gasteiger partial charge in [-0.1, -0.05) is 12.1 Å². The zero-order valence-corrected chi connectivity index (χ0v) is 13.7. The van der Waals surface area contributed by atoms with Gasteiger partial charge in [0, 0.05) is 6.20 Å². The molecular formula is C15H16ClF3N6. The van der Waals surface area contributed by atoms with Crippen molar-refractivity contribution in [3.05, 3.63) is 59.9 Å². The molecule has 0 aliphatic rings. The van der Waals surface area contributed by atoms with Crippen LogP contribution in [0.2, 0.25) is 0 Å². The number of benzene rings is 1. The summed E-state index contributed by atoms with van der Waals surface area (Å²) >= 11 is 0. The third-order valence-corrected chi connectivity index (χ3v) is 2.85. The Hall–Kier alpha value is -2.81. The molecule has 0 aliphatic carbocycles. The summed E-state index contributed by atoms with van der Waals surface area (Å²) in [7, 11) is 0. The highest BCUT2D eigenvalue weighted by Crippen LogP contribution is 2.29. The van der Waals surface area contributed by atoms with Crippen LogP contribution in [0, 0.1) is 0 Å². The number of anilines is 1. The zero-order valence-electron chi connectivity index (χ0n) is 12.9. The standard InChI is InChI=1S/C15H15F3N6.ClH/c16-15(17,18)11-4-1-3-10(7-11)8-22-13(19)24-14(20)23-12-5-2-6-21-9-12;/h1-7,9H,8H2,(H5,19,20,22,23,24);1H. The first kappa shape index (κ1) is 20.2. The zero-order chi connectivity index (χ0) is 17.6. The number of hydrogen-bond donors (Lipinski definition) is 3. The fourth-order valence-electron chi connectivity index (χ4n) is 1.79. The molecule has 10 heteroatoms. The second-order valence-corrected chi connectivity index (χ2v) is 4.74. The van der Waals surface area contributed by atoms with Gasteiger partial charge in [0.05, 0.1) is 24.0 Å². The number of halogens is 4. The number of hydrogen-bond acceptors (Lipinski definition) is 2. The maximum atomic E-state index is 12.6. The normalized spacial score (nSPS) is 12.4. The van der Waals surface area contributed by atoms with Gasteiger partial charge in [-0.15, -0.1) is 12.4 Å². The summed E-state index contributed by atoms with van der Waals surface area (Å²) in [6.07, 6.45) is -1.26. The second kappa shape index (κ2) is 8.88. The van der Waals surface area contributed by atoms with Crippen LogP contribution in [-0.2, 0) is 12.7 Å². The molecule has 2 rings (SSSR count). The number of pyridine rings is 1. The van der Waals surface area contributed by atoms with E-state index in [0.29, 0.717) is 11.3 Å². The van der Waals surface area contributed by atoms with Gasteiger partial charge in [-0.05, 0) is 29.8 Å². The number of alkyl halides is 3. The highest BCUT2D eigenvalue weighted by atomic mass is 35.5. The fourth-order valence-corrected chi connectivity index (χ4v) is 1.79. The van der Waals surface area contributed by atoms with Gasteiger partial charge in [-0.3, -0.25) is 4.98 Å². The lowest BCUT2D eigenvalue weighted by molar-refractivity contribution is -0.137. The first-order chi connectivity index (χ1) is 11.3. The van der Waals surface area contributed by atoms with Crippen LogP contribution in [0.3, 0.4) is 0 Å². The van der Waals surface area contributed by atoms with E-state index >= 15 is 0 Å². The van der Waals surface area contributed by atoms with E-state index in [-0.39, 0.29) is 30.9 Å². The number of nitrogens with two attached hydrogens (primary N) is 2. The van der Waals surface area contributed by atoms with Crippen molar-refractivity contribution in [3.8, 4) is 0 Å². The molecule has 0 spiro atoms. The molecule has 0 amide bonds. The van der Waals surface area contributed by atoms with Crippen LogP contribution in [0.5, 0.6) is 0 Å². The van der Waals surface area contributed by atoms with E-state index < -0.39 is 11.7 Å². The minimum Gasteiger partial charge on any atom is -0.369 e. The van der Waals surface area contributed by atoms with Gasteiger partial charge in [0.1, 0.15) is 0 Å². The molecule has 6 nitrogen and oxygen atoms in total. The smallest absolute Gasteiger partial charge is 0.369 e. The van der Waals surface area contributed by atoms with E-state index in [0.717, 1.165) is 12.1 Å². The van der Waals surface area contributed by atoms with Gasteiger partial charge in [-0.25, -0.2) is 4.99 Å². The van der Waals surface area contributed by atoms with Crippen molar-refractivity contribution in [1.29, 1.82) is 0 Å². The molecule has 5 N–H and O–H groups in total. The molecule has 0 aliphatic heterocycles. The van der Waals surface area contributed by atoms with E-state index in [1.54, 1.807) is 24.5 Å². The van der Waals surface area contributed by atoms with Crippen LogP contribution in [0.4, 0.5) is 18.9 Å². The molecule has 2 aromatic rings. The molecule has 0 saturated carbocycles. The highest BCUT2D eigenvalue weighted by molar-refractivity contribution is 6.00. The van der Waals surface area contributed by atoms with Gasteiger partial charge in [0.25, 0.3) is 0 Å². The van der Waals surface area contributed by atoms with Gasteiger partial charge in [0.2, 0.25) is 11.9 Å².